The van der Waals surface area contributed by atoms with Crippen molar-refractivity contribution < 1.29 is 14.3 Å². The summed E-state index contributed by atoms with van der Waals surface area (Å²) in [6, 6.07) is 5.06. The number of aryl methyl sites for hydroxylation is 1. The van der Waals surface area contributed by atoms with Crippen LogP contribution in [-0.4, -0.2) is 22.9 Å². The molecule has 0 spiro atoms. The third-order valence-electron chi connectivity index (χ3n) is 2.85. The predicted octanol–water partition coefficient (Wildman–Crippen LogP) is 2.38. The van der Waals surface area contributed by atoms with E-state index in [2.05, 4.69) is 4.98 Å². The highest BCUT2D eigenvalue weighted by atomic mass is 16.5. The Kier molecular flexibility index (Phi) is 3.85. The van der Waals surface area contributed by atoms with Crippen LogP contribution in [0, 0.1) is 0 Å². The van der Waals surface area contributed by atoms with Crippen LogP contribution in [0.1, 0.15) is 29.2 Å². The van der Waals surface area contributed by atoms with Gasteiger partial charge in [0, 0.05) is 25.0 Å². The van der Waals surface area contributed by atoms with Crippen LogP contribution in [0.15, 0.2) is 30.6 Å². The lowest BCUT2D eigenvalue weighted by molar-refractivity contribution is 0.112. The quantitative estimate of drug-likeness (QED) is 0.774. The number of ether oxygens (including phenoxy) is 2. The molecule has 1 heterocycles. The Hall–Kier alpha value is -2.30. The van der Waals surface area contributed by atoms with Crippen LogP contribution in [0.4, 0.5) is 0 Å². The van der Waals surface area contributed by atoms with Gasteiger partial charge in [0.1, 0.15) is 12.1 Å². The predicted molar refractivity (Wildman–Crippen MR) is 70.6 cm³/mol. The molecule has 0 N–H and O–H groups in total. The summed E-state index contributed by atoms with van der Waals surface area (Å²) in [6.07, 6.45) is 4.15. The molecule has 0 amide bonds. The molecule has 2 aromatic rings. The standard InChI is InChI=1S/C14H16N2O3/c1-10(14-15-6-7-16(14)2)19-12-5-4-11(9-17)8-13(12)18-3/h4-10H,1-3H3. The number of carbonyl (C=O) groups is 1. The number of hydrogen-bond acceptors (Lipinski definition) is 4. The SMILES string of the molecule is COc1cc(C=O)ccc1OC(C)c1nccn1C. The van der Waals surface area contributed by atoms with E-state index >= 15 is 0 Å². The van der Waals surface area contributed by atoms with E-state index in [-0.39, 0.29) is 6.10 Å². The monoisotopic (exact) mass is 260 g/mol. The number of aldehydes is 1. The van der Waals surface area contributed by atoms with E-state index in [0.29, 0.717) is 17.1 Å². The van der Waals surface area contributed by atoms with E-state index in [4.69, 9.17) is 9.47 Å². The van der Waals surface area contributed by atoms with Crippen molar-refractivity contribution in [2.45, 2.75) is 13.0 Å². The molecule has 0 aliphatic rings. The molecule has 0 saturated carbocycles. The lowest BCUT2D eigenvalue weighted by atomic mass is 10.2. The van der Waals surface area contributed by atoms with E-state index in [9.17, 15) is 4.79 Å². The summed E-state index contributed by atoms with van der Waals surface area (Å²) in [7, 11) is 3.46. The van der Waals surface area contributed by atoms with E-state index in [1.165, 1.54) is 0 Å². The zero-order chi connectivity index (χ0) is 13.8. The maximum absolute atomic E-state index is 10.7. The molecule has 0 saturated heterocycles. The van der Waals surface area contributed by atoms with Crippen LogP contribution in [0.25, 0.3) is 0 Å². The molecule has 0 radical (unpaired) electrons. The molecule has 19 heavy (non-hydrogen) atoms. The van der Waals surface area contributed by atoms with Crippen LogP contribution in [0.2, 0.25) is 0 Å². The van der Waals surface area contributed by atoms with Gasteiger partial charge in [-0.2, -0.15) is 0 Å². The highest BCUT2D eigenvalue weighted by Gasteiger charge is 2.14. The molecular formula is C14H16N2O3. The average molecular weight is 260 g/mol. The Balaban J connectivity index is 2.23. The van der Waals surface area contributed by atoms with Crippen molar-refractivity contribution in [2.24, 2.45) is 7.05 Å². The number of nitrogens with zero attached hydrogens (tertiary/aromatic N) is 2. The van der Waals surface area contributed by atoms with Gasteiger partial charge in [-0.05, 0) is 25.1 Å². The normalized spacial score (nSPS) is 11.9. The second-order valence-corrected chi connectivity index (χ2v) is 4.18. The number of aromatic nitrogens is 2. The van der Waals surface area contributed by atoms with Gasteiger partial charge in [-0.15, -0.1) is 0 Å². The van der Waals surface area contributed by atoms with Crippen LogP contribution in [0.3, 0.4) is 0 Å². The second-order valence-electron chi connectivity index (χ2n) is 4.18. The summed E-state index contributed by atoms with van der Waals surface area (Å²) in [6.45, 7) is 1.91. The third-order valence-corrected chi connectivity index (χ3v) is 2.85. The fraction of sp³-hybridized carbons (Fsp3) is 0.286. The van der Waals surface area contributed by atoms with Crippen molar-refractivity contribution in [1.82, 2.24) is 9.55 Å². The van der Waals surface area contributed by atoms with Crippen LogP contribution >= 0.6 is 0 Å². The van der Waals surface area contributed by atoms with Gasteiger partial charge >= 0.3 is 0 Å². The first-order chi connectivity index (χ1) is 9.15. The van der Waals surface area contributed by atoms with Gasteiger partial charge in [0.25, 0.3) is 0 Å². The van der Waals surface area contributed by atoms with E-state index in [1.807, 2.05) is 24.7 Å². The Bertz CT molecular complexity index is 578. The fourth-order valence-corrected chi connectivity index (χ4v) is 1.87. The second kappa shape index (κ2) is 5.56. The molecular weight excluding hydrogens is 244 g/mol. The van der Waals surface area contributed by atoms with Crippen molar-refractivity contribution in [3.8, 4) is 11.5 Å². The van der Waals surface area contributed by atoms with E-state index < -0.39 is 0 Å². The maximum atomic E-state index is 10.7. The van der Waals surface area contributed by atoms with Crippen LogP contribution < -0.4 is 9.47 Å². The molecule has 1 unspecified atom stereocenters. The molecule has 1 aromatic carbocycles. The van der Waals surface area contributed by atoms with Crippen molar-refractivity contribution in [3.05, 3.63) is 42.0 Å². The largest absolute Gasteiger partial charge is 0.493 e. The Morgan fingerprint density at radius 3 is 2.74 bits per heavy atom. The van der Waals surface area contributed by atoms with Crippen molar-refractivity contribution >= 4 is 6.29 Å². The van der Waals surface area contributed by atoms with Crippen molar-refractivity contribution in [2.75, 3.05) is 7.11 Å². The summed E-state index contributed by atoms with van der Waals surface area (Å²) in [5, 5.41) is 0. The van der Waals surface area contributed by atoms with E-state index in [1.54, 1.807) is 31.5 Å². The summed E-state index contributed by atoms with van der Waals surface area (Å²) in [4.78, 5) is 15.0. The summed E-state index contributed by atoms with van der Waals surface area (Å²) < 4.78 is 13.0. The summed E-state index contributed by atoms with van der Waals surface area (Å²) in [5.41, 5.74) is 0.550. The third kappa shape index (κ3) is 2.76. The number of hydrogen-bond donors (Lipinski definition) is 0. The zero-order valence-electron chi connectivity index (χ0n) is 11.2. The Labute approximate surface area is 111 Å². The van der Waals surface area contributed by atoms with Gasteiger partial charge in [0.05, 0.1) is 7.11 Å². The van der Waals surface area contributed by atoms with Crippen molar-refractivity contribution in [3.63, 3.8) is 0 Å². The smallest absolute Gasteiger partial charge is 0.162 e. The Morgan fingerprint density at radius 2 is 2.16 bits per heavy atom. The molecule has 1 aromatic heterocycles. The van der Waals surface area contributed by atoms with Crippen LogP contribution in [0.5, 0.6) is 11.5 Å². The minimum absolute atomic E-state index is 0.212. The van der Waals surface area contributed by atoms with Crippen molar-refractivity contribution in [1.29, 1.82) is 0 Å². The fourth-order valence-electron chi connectivity index (χ4n) is 1.87. The van der Waals surface area contributed by atoms with Crippen LogP contribution in [-0.2, 0) is 7.05 Å². The minimum Gasteiger partial charge on any atom is -0.493 e. The molecule has 5 heteroatoms. The molecule has 2 rings (SSSR count). The lowest BCUT2D eigenvalue weighted by Gasteiger charge is -2.16. The summed E-state index contributed by atoms with van der Waals surface area (Å²) >= 11 is 0. The van der Waals surface area contributed by atoms with Gasteiger partial charge in [0.15, 0.2) is 17.6 Å². The number of methoxy groups -OCH3 is 1. The molecule has 0 bridgehead atoms. The minimum atomic E-state index is -0.212. The molecule has 5 nitrogen and oxygen atoms in total. The molecule has 0 aliphatic heterocycles. The lowest BCUT2D eigenvalue weighted by Crippen LogP contribution is -2.10. The van der Waals surface area contributed by atoms with Gasteiger partial charge in [0.2, 0.25) is 0 Å². The molecule has 100 valence electrons. The summed E-state index contributed by atoms with van der Waals surface area (Å²) in [5.74, 6) is 1.94. The molecule has 0 fully saturated rings. The average Bonchev–Trinajstić information content (AvgIpc) is 2.85. The Morgan fingerprint density at radius 1 is 1.37 bits per heavy atom. The van der Waals surface area contributed by atoms with Gasteiger partial charge in [-0.25, -0.2) is 4.98 Å². The number of imidazole rings is 1. The number of benzene rings is 1. The van der Waals surface area contributed by atoms with E-state index in [0.717, 1.165) is 12.1 Å². The zero-order valence-corrected chi connectivity index (χ0v) is 11.2. The maximum Gasteiger partial charge on any atom is 0.162 e. The molecule has 1 atom stereocenters. The molecule has 0 aliphatic carbocycles. The first-order valence-corrected chi connectivity index (χ1v) is 5.92. The van der Waals surface area contributed by atoms with Gasteiger partial charge in [-0.1, -0.05) is 0 Å². The highest BCUT2D eigenvalue weighted by Crippen LogP contribution is 2.31. The van der Waals surface area contributed by atoms with Gasteiger partial charge < -0.3 is 14.0 Å². The number of carbonyl (C=O) groups excluding carboxylic acids is 1. The first-order valence-electron chi connectivity index (χ1n) is 5.92. The topological polar surface area (TPSA) is 53.4 Å². The number of rotatable bonds is 5. The first kappa shape index (κ1) is 13.1. The van der Waals surface area contributed by atoms with Gasteiger partial charge in [-0.3, -0.25) is 4.79 Å². The highest BCUT2D eigenvalue weighted by molar-refractivity contribution is 5.76.